The van der Waals surface area contributed by atoms with Gasteiger partial charge in [-0.3, -0.25) is 9.80 Å². The molecule has 0 atom stereocenters. The second-order valence-corrected chi connectivity index (χ2v) is 21.1. The minimum absolute atomic E-state index is 0.847. The van der Waals surface area contributed by atoms with Crippen molar-refractivity contribution >= 4 is 0 Å². The normalized spacial score (nSPS) is 44.5. The van der Waals surface area contributed by atoms with E-state index in [9.17, 15) is 0 Å². The lowest BCUT2D eigenvalue weighted by Crippen LogP contribution is -2.52. The molecule has 0 N–H and O–H groups in total. The summed E-state index contributed by atoms with van der Waals surface area (Å²) in [5, 5.41) is 0. The van der Waals surface area contributed by atoms with E-state index in [0.717, 1.165) is 83.6 Å². The van der Waals surface area contributed by atoms with Crippen LogP contribution >= 0.6 is 0 Å². The lowest BCUT2D eigenvalue weighted by atomic mass is 9.77. The van der Waals surface area contributed by atoms with Crippen LogP contribution in [0.4, 0.5) is 0 Å². The Labute approximate surface area is 324 Å². The summed E-state index contributed by atoms with van der Waals surface area (Å²) in [6.45, 7) is 9.99. The molecule has 0 heterocycles. The number of allylic oxidation sites excluding steroid dienone is 4. The van der Waals surface area contributed by atoms with Crippen LogP contribution < -0.4 is 0 Å². The Kier molecular flexibility index (Phi) is 14.9. The summed E-state index contributed by atoms with van der Waals surface area (Å²) in [5.41, 5.74) is 0. The number of rotatable bonds is 10. The first-order valence-electron chi connectivity index (χ1n) is 24.3. The van der Waals surface area contributed by atoms with Crippen LogP contribution in [0, 0.1) is 47.3 Å². The Morgan fingerprint density at radius 2 is 0.385 bits per heavy atom. The van der Waals surface area contributed by atoms with Crippen LogP contribution in [0.5, 0.6) is 0 Å². The molecule has 0 amide bonds. The van der Waals surface area contributed by atoms with Crippen LogP contribution in [0.2, 0.25) is 0 Å². The SMILES string of the molecule is CC1CCC(N(C2CCC(C)CC2)C2CCC(C=CC3CCC(C=CC4CCC(N(C5CCC(C)CC5)C5CCC(C)CC5)CC4)CC3)CC2)CC1. The molecule has 0 spiro atoms. The second-order valence-electron chi connectivity index (χ2n) is 21.1. The van der Waals surface area contributed by atoms with Crippen LogP contribution in [0.25, 0.3) is 0 Å². The quantitative estimate of drug-likeness (QED) is 0.208. The minimum atomic E-state index is 0.847. The molecule has 0 radical (unpaired) electrons. The largest absolute Gasteiger partial charge is 0.294 e. The fourth-order valence-corrected chi connectivity index (χ4v) is 13.3. The summed E-state index contributed by atoms with van der Waals surface area (Å²) in [5.74, 6) is 7.24. The van der Waals surface area contributed by atoms with Crippen molar-refractivity contribution in [1.82, 2.24) is 9.80 Å². The first-order chi connectivity index (χ1) is 25.4. The highest BCUT2D eigenvalue weighted by atomic mass is 15.2. The van der Waals surface area contributed by atoms with Gasteiger partial charge in [0.2, 0.25) is 0 Å². The van der Waals surface area contributed by atoms with Gasteiger partial charge < -0.3 is 0 Å². The second kappa shape index (κ2) is 19.5. The van der Waals surface area contributed by atoms with Gasteiger partial charge in [0.25, 0.3) is 0 Å². The van der Waals surface area contributed by atoms with E-state index in [-0.39, 0.29) is 0 Å². The Morgan fingerprint density at radius 1 is 0.231 bits per heavy atom. The van der Waals surface area contributed by atoms with Crippen molar-refractivity contribution in [2.75, 3.05) is 0 Å². The fraction of sp³-hybridized carbons (Fsp3) is 0.920. The molecule has 7 aliphatic carbocycles. The standard InChI is InChI=1S/C50H86N2/c1-37-5-25-45(26-6-37)51(46-27-7-38(2)8-28-46)49-33-21-43(22-34-49)19-17-41-13-15-42(16-14-41)18-20-44-23-35-50(36-24-44)52(47-29-9-39(3)10-30-47)48-31-11-40(4)12-32-48/h17-20,37-50H,5-16,21-36H2,1-4H3. The fourth-order valence-electron chi connectivity index (χ4n) is 13.3. The average molecular weight is 715 g/mol. The van der Waals surface area contributed by atoms with Crippen molar-refractivity contribution in [2.24, 2.45) is 47.3 Å². The van der Waals surface area contributed by atoms with Gasteiger partial charge in [0, 0.05) is 36.3 Å². The Hall–Kier alpha value is -0.600. The van der Waals surface area contributed by atoms with Crippen molar-refractivity contribution in [3.63, 3.8) is 0 Å². The molecule has 0 aromatic carbocycles. The molecule has 0 saturated heterocycles. The van der Waals surface area contributed by atoms with Crippen LogP contribution in [-0.2, 0) is 0 Å². The van der Waals surface area contributed by atoms with E-state index in [1.165, 1.54) is 180 Å². The topological polar surface area (TPSA) is 6.48 Å². The van der Waals surface area contributed by atoms with Crippen molar-refractivity contribution < 1.29 is 0 Å². The molecule has 0 aromatic heterocycles. The van der Waals surface area contributed by atoms with Gasteiger partial charge >= 0.3 is 0 Å². The predicted octanol–water partition coefficient (Wildman–Crippen LogP) is 13.9. The zero-order valence-corrected chi connectivity index (χ0v) is 35.1. The molecule has 52 heavy (non-hydrogen) atoms. The van der Waals surface area contributed by atoms with E-state index in [1.807, 2.05) is 0 Å². The zero-order valence-electron chi connectivity index (χ0n) is 35.1. The average Bonchev–Trinajstić information content (AvgIpc) is 3.18. The van der Waals surface area contributed by atoms with Crippen molar-refractivity contribution in [3.05, 3.63) is 24.3 Å². The molecule has 7 aliphatic rings. The molecular formula is C50H86N2. The lowest BCUT2D eigenvalue weighted by molar-refractivity contribution is 0.00810. The lowest BCUT2D eigenvalue weighted by Gasteiger charge is -2.49. The first kappa shape index (κ1) is 39.6. The van der Waals surface area contributed by atoms with E-state index in [0.29, 0.717) is 0 Å². The summed E-state index contributed by atoms with van der Waals surface area (Å²) < 4.78 is 0. The highest BCUT2D eigenvalue weighted by Gasteiger charge is 2.39. The molecule has 2 heteroatoms. The van der Waals surface area contributed by atoms with Crippen LogP contribution in [0.3, 0.4) is 0 Å². The van der Waals surface area contributed by atoms with Crippen LogP contribution in [0.1, 0.15) is 207 Å². The maximum Gasteiger partial charge on any atom is 0.0102 e. The van der Waals surface area contributed by atoms with Crippen molar-refractivity contribution in [2.45, 2.75) is 244 Å². The molecule has 2 nitrogen and oxygen atoms in total. The minimum Gasteiger partial charge on any atom is -0.294 e. The van der Waals surface area contributed by atoms with E-state index in [4.69, 9.17) is 0 Å². The van der Waals surface area contributed by atoms with Gasteiger partial charge in [0.05, 0.1) is 0 Å². The van der Waals surface area contributed by atoms with E-state index < -0.39 is 0 Å². The number of hydrogen-bond donors (Lipinski definition) is 0. The predicted molar refractivity (Wildman–Crippen MR) is 225 cm³/mol. The summed E-state index contributed by atoms with van der Waals surface area (Å²) >= 11 is 0. The van der Waals surface area contributed by atoms with Crippen molar-refractivity contribution in [3.8, 4) is 0 Å². The van der Waals surface area contributed by atoms with Gasteiger partial charge in [-0.15, -0.1) is 0 Å². The molecule has 7 rings (SSSR count). The molecule has 0 aromatic rings. The summed E-state index contributed by atoms with van der Waals surface area (Å²) in [6, 6.07) is 5.31. The molecule has 7 saturated carbocycles. The van der Waals surface area contributed by atoms with Gasteiger partial charge in [0.15, 0.2) is 0 Å². The number of nitrogens with zero attached hydrogens (tertiary/aromatic N) is 2. The Morgan fingerprint density at radius 3 is 0.577 bits per heavy atom. The Balaban J connectivity index is 0.825. The third-order valence-electron chi connectivity index (χ3n) is 17.1. The highest BCUT2D eigenvalue weighted by molar-refractivity contribution is 5.02. The van der Waals surface area contributed by atoms with Crippen molar-refractivity contribution in [1.29, 1.82) is 0 Å². The van der Waals surface area contributed by atoms with Gasteiger partial charge in [-0.1, -0.05) is 52.0 Å². The highest BCUT2D eigenvalue weighted by Crippen LogP contribution is 2.42. The molecule has 0 unspecified atom stereocenters. The zero-order chi connectivity index (χ0) is 35.9. The van der Waals surface area contributed by atoms with E-state index in [2.05, 4.69) is 61.8 Å². The molecule has 296 valence electrons. The third-order valence-corrected chi connectivity index (χ3v) is 17.1. The summed E-state index contributed by atoms with van der Waals surface area (Å²) in [7, 11) is 0. The molecule has 7 fully saturated rings. The van der Waals surface area contributed by atoms with Crippen LogP contribution in [0.15, 0.2) is 24.3 Å². The summed E-state index contributed by atoms with van der Waals surface area (Å²) in [6.07, 6.45) is 51.8. The number of hydrogen-bond acceptors (Lipinski definition) is 2. The smallest absolute Gasteiger partial charge is 0.0102 e. The molecule has 0 bridgehead atoms. The monoisotopic (exact) mass is 715 g/mol. The van der Waals surface area contributed by atoms with Gasteiger partial charge in [-0.2, -0.15) is 0 Å². The van der Waals surface area contributed by atoms with E-state index in [1.54, 1.807) is 0 Å². The van der Waals surface area contributed by atoms with Crippen LogP contribution in [-0.4, -0.2) is 46.1 Å². The first-order valence-corrected chi connectivity index (χ1v) is 24.3. The molecular weight excluding hydrogens is 629 g/mol. The van der Waals surface area contributed by atoms with E-state index >= 15 is 0 Å². The molecule has 0 aliphatic heterocycles. The van der Waals surface area contributed by atoms with Gasteiger partial charge in [-0.25, -0.2) is 0 Å². The summed E-state index contributed by atoms with van der Waals surface area (Å²) in [4.78, 5) is 6.34. The Bertz CT molecular complexity index is 924. The van der Waals surface area contributed by atoms with Gasteiger partial charge in [-0.05, 0) is 227 Å². The maximum atomic E-state index is 3.17. The third kappa shape index (κ3) is 10.8. The van der Waals surface area contributed by atoms with Gasteiger partial charge in [0.1, 0.15) is 0 Å². The maximum absolute atomic E-state index is 3.17.